The van der Waals surface area contributed by atoms with Crippen molar-refractivity contribution in [2.24, 2.45) is 0 Å². The minimum atomic E-state index is -0.108. The average molecular weight is 182 g/mol. The highest BCUT2D eigenvalue weighted by molar-refractivity contribution is 7.96. The van der Waals surface area contributed by atoms with Gasteiger partial charge in [-0.2, -0.15) is 0 Å². The Labute approximate surface area is 76.6 Å². The molecule has 0 unspecified atom stereocenters. The van der Waals surface area contributed by atoms with Crippen LogP contribution >= 0.6 is 12.6 Å². The molecular formula is C9H10O2S. The quantitative estimate of drug-likeness (QED) is 0.699. The molecule has 0 spiro atoms. The van der Waals surface area contributed by atoms with Gasteiger partial charge in [0.25, 0.3) is 0 Å². The number of aromatic hydroxyl groups is 1. The molecule has 0 aliphatic heterocycles. The van der Waals surface area contributed by atoms with E-state index in [9.17, 15) is 4.79 Å². The molecule has 0 atom stereocenters. The summed E-state index contributed by atoms with van der Waals surface area (Å²) in [5, 5.41) is 8.84. The first-order valence-electron chi connectivity index (χ1n) is 3.68. The van der Waals surface area contributed by atoms with Gasteiger partial charge in [-0.3, -0.25) is 4.79 Å². The third kappa shape index (κ3) is 2.96. The summed E-state index contributed by atoms with van der Waals surface area (Å²) in [6.07, 6.45) is 1.12. The first-order chi connectivity index (χ1) is 5.68. The van der Waals surface area contributed by atoms with Gasteiger partial charge < -0.3 is 5.11 Å². The Morgan fingerprint density at radius 1 is 1.33 bits per heavy atom. The first-order valence-corrected chi connectivity index (χ1v) is 4.13. The van der Waals surface area contributed by atoms with Gasteiger partial charge in [-0.15, -0.1) is 12.6 Å². The van der Waals surface area contributed by atoms with Crippen molar-refractivity contribution >= 4 is 17.7 Å². The minimum Gasteiger partial charge on any atom is -0.508 e. The monoisotopic (exact) mass is 182 g/mol. The second kappa shape index (κ2) is 4.16. The van der Waals surface area contributed by atoms with Gasteiger partial charge in [0.15, 0.2) is 5.12 Å². The lowest BCUT2D eigenvalue weighted by atomic mass is 10.1. The average Bonchev–Trinajstić information content (AvgIpc) is 2.03. The van der Waals surface area contributed by atoms with Crippen LogP contribution in [0.2, 0.25) is 0 Å². The number of carbonyl (C=O) groups excluding carboxylic acids is 1. The SMILES string of the molecule is O=C(S)CCc1ccc(O)cc1. The van der Waals surface area contributed by atoms with Crippen molar-refractivity contribution < 1.29 is 9.90 Å². The molecule has 64 valence electrons. The fourth-order valence-corrected chi connectivity index (χ4v) is 1.03. The van der Waals surface area contributed by atoms with Crippen LogP contribution in [0.25, 0.3) is 0 Å². The Morgan fingerprint density at radius 2 is 1.92 bits per heavy atom. The van der Waals surface area contributed by atoms with E-state index < -0.39 is 0 Å². The zero-order chi connectivity index (χ0) is 8.97. The van der Waals surface area contributed by atoms with E-state index in [1.165, 1.54) is 0 Å². The van der Waals surface area contributed by atoms with Gasteiger partial charge in [0.05, 0.1) is 0 Å². The van der Waals surface area contributed by atoms with Crippen LogP contribution in [-0.2, 0) is 11.2 Å². The van der Waals surface area contributed by atoms with Crippen molar-refractivity contribution in [1.82, 2.24) is 0 Å². The molecule has 1 N–H and O–H groups in total. The Kier molecular flexibility index (Phi) is 3.17. The van der Waals surface area contributed by atoms with E-state index in [4.69, 9.17) is 5.11 Å². The van der Waals surface area contributed by atoms with E-state index in [0.717, 1.165) is 5.56 Å². The van der Waals surface area contributed by atoms with Crippen LogP contribution in [0, 0.1) is 0 Å². The molecule has 0 aromatic heterocycles. The first kappa shape index (κ1) is 9.13. The van der Waals surface area contributed by atoms with Gasteiger partial charge in [0.2, 0.25) is 0 Å². The lowest BCUT2D eigenvalue weighted by Crippen LogP contribution is -1.90. The molecule has 0 radical (unpaired) electrons. The minimum absolute atomic E-state index is 0.108. The summed E-state index contributed by atoms with van der Waals surface area (Å²) in [4.78, 5) is 10.5. The second-order valence-electron chi connectivity index (χ2n) is 2.56. The summed E-state index contributed by atoms with van der Waals surface area (Å²) in [6, 6.07) is 6.81. The van der Waals surface area contributed by atoms with Gasteiger partial charge in [0, 0.05) is 6.42 Å². The van der Waals surface area contributed by atoms with Gasteiger partial charge in [-0.1, -0.05) is 12.1 Å². The van der Waals surface area contributed by atoms with Crippen molar-refractivity contribution in [1.29, 1.82) is 0 Å². The normalized spacial score (nSPS) is 9.75. The summed E-state index contributed by atoms with van der Waals surface area (Å²) in [5.74, 6) is 0.246. The molecule has 0 bridgehead atoms. The summed E-state index contributed by atoms with van der Waals surface area (Å²) < 4.78 is 0. The Hall–Kier alpha value is -0.960. The van der Waals surface area contributed by atoms with E-state index in [-0.39, 0.29) is 10.9 Å². The van der Waals surface area contributed by atoms with Crippen molar-refractivity contribution in [3.05, 3.63) is 29.8 Å². The van der Waals surface area contributed by atoms with Gasteiger partial charge in [-0.25, -0.2) is 0 Å². The van der Waals surface area contributed by atoms with Crippen LogP contribution < -0.4 is 0 Å². The molecule has 0 amide bonds. The number of carbonyl (C=O) groups is 1. The third-order valence-corrected chi connectivity index (χ3v) is 1.79. The molecule has 0 saturated heterocycles. The number of phenols is 1. The van der Waals surface area contributed by atoms with Crippen LogP contribution in [-0.4, -0.2) is 10.2 Å². The summed E-state index contributed by atoms with van der Waals surface area (Å²) in [7, 11) is 0. The highest BCUT2D eigenvalue weighted by Gasteiger charge is 1.96. The summed E-state index contributed by atoms with van der Waals surface area (Å²) >= 11 is 3.66. The van der Waals surface area contributed by atoms with Crippen LogP contribution in [0.3, 0.4) is 0 Å². The molecule has 1 aromatic rings. The highest BCUT2D eigenvalue weighted by Crippen LogP contribution is 2.11. The van der Waals surface area contributed by atoms with Gasteiger partial charge in [-0.05, 0) is 24.1 Å². The third-order valence-electron chi connectivity index (χ3n) is 1.56. The maximum absolute atomic E-state index is 10.5. The summed E-state index contributed by atoms with van der Waals surface area (Å²) in [6.45, 7) is 0. The Balaban J connectivity index is 2.53. The van der Waals surface area contributed by atoms with Crippen LogP contribution in [0.1, 0.15) is 12.0 Å². The number of aryl methyl sites for hydroxylation is 1. The fraction of sp³-hybridized carbons (Fsp3) is 0.222. The largest absolute Gasteiger partial charge is 0.508 e. The molecule has 1 aromatic carbocycles. The fourth-order valence-electron chi connectivity index (χ4n) is 0.914. The highest BCUT2D eigenvalue weighted by atomic mass is 32.1. The predicted molar refractivity (Wildman–Crippen MR) is 50.4 cm³/mol. The molecule has 0 heterocycles. The van der Waals surface area contributed by atoms with Crippen LogP contribution in [0.5, 0.6) is 5.75 Å². The van der Waals surface area contributed by atoms with Crippen molar-refractivity contribution in [2.45, 2.75) is 12.8 Å². The van der Waals surface area contributed by atoms with Gasteiger partial charge >= 0.3 is 0 Å². The zero-order valence-electron chi connectivity index (χ0n) is 6.53. The van der Waals surface area contributed by atoms with E-state index >= 15 is 0 Å². The molecule has 0 aliphatic rings. The molecular weight excluding hydrogens is 172 g/mol. The zero-order valence-corrected chi connectivity index (χ0v) is 7.42. The van der Waals surface area contributed by atoms with Gasteiger partial charge in [0.1, 0.15) is 5.75 Å². The number of rotatable bonds is 3. The molecule has 2 nitrogen and oxygen atoms in total. The standard InChI is InChI=1S/C9H10O2S/c10-8-4-1-7(2-5-8)3-6-9(11)12/h1-2,4-5,10H,3,6H2,(H,11,12). The lowest BCUT2D eigenvalue weighted by Gasteiger charge is -1.97. The Bertz CT molecular complexity index is 266. The maximum Gasteiger partial charge on any atom is 0.186 e. The topological polar surface area (TPSA) is 37.3 Å². The van der Waals surface area contributed by atoms with E-state index in [1.54, 1.807) is 24.3 Å². The number of hydrogen-bond donors (Lipinski definition) is 2. The van der Waals surface area contributed by atoms with Crippen LogP contribution in [0.15, 0.2) is 24.3 Å². The number of benzene rings is 1. The number of phenolic OH excluding ortho intramolecular Hbond substituents is 1. The molecule has 1 rings (SSSR count). The second-order valence-corrected chi connectivity index (χ2v) is 3.06. The van der Waals surface area contributed by atoms with Crippen molar-refractivity contribution in [3.8, 4) is 5.75 Å². The molecule has 0 saturated carbocycles. The lowest BCUT2D eigenvalue weighted by molar-refractivity contribution is -0.110. The van der Waals surface area contributed by atoms with Crippen molar-refractivity contribution in [2.75, 3.05) is 0 Å². The number of hydrogen-bond acceptors (Lipinski definition) is 2. The molecule has 0 aliphatic carbocycles. The molecule has 3 heteroatoms. The molecule has 0 fully saturated rings. The van der Waals surface area contributed by atoms with Crippen LogP contribution in [0.4, 0.5) is 0 Å². The van der Waals surface area contributed by atoms with E-state index in [1.807, 2.05) is 0 Å². The van der Waals surface area contributed by atoms with E-state index in [2.05, 4.69) is 12.6 Å². The summed E-state index contributed by atoms with van der Waals surface area (Å²) in [5.41, 5.74) is 1.04. The van der Waals surface area contributed by atoms with E-state index in [0.29, 0.717) is 12.8 Å². The predicted octanol–water partition coefficient (Wildman–Crippen LogP) is 1.78. The maximum atomic E-state index is 10.5. The Morgan fingerprint density at radius 3 is 2.42 bits per heavy atom. The van der Waals surface area contributed by atoms with Crippen molar-refractivity contribution in [3.63, 3.8) is 0 Å². The smallest absolute Gasteiger partial charge is 0.186 e. The molecule has 12 heavy (non-hydrogen) atoms. The number of thiol groups is 1.